The van der Waals surface area contributed by atoms with Gasteiger partial charge >= 0.3 is 5.97 Å². The molecular formula is C25H17N3O7S. The monoisotopic (exact) mass is 503 g/mol. The number of carboxylic acids is 1. The maximum atomic E-state index is 13.1. The first-order valence-electron chi connectivity index (χ1n) is 10.4. The molecule has 180 valence electrons. The van der Waals surface area contributed by atoms with Crippen LogP contribution in [0.1, 0.15) is 21.5 Å². The predicted octanol–water partition coefficient (Wildman–Crippen LogP) is 3.70. The summed E-state index contributed by atoms with van der Waals surface area (Å²) in [5, 5.41) is 22.3. The normalized spacial score (nSPS) is 14.5. The van der Waals surface area contributed by atoms with Crippen LogP contribution in [0.2, 0.25) is 0 Å². The minimum absolute atomic E-state index is 0.00800. The van der Waals surface area contributed by atoms with Gasteiger partial charge in [0, 0.05) is 12.1 Å². The van der Waals surface area contributed by atoms with Gasteiger partial charge in [-0.15, -0.1) is 0 Å². The van der Waals surface area contributed by atoms with Gasteiger partial charge in [-0.1, -0.05) is 18.2 Å². The molecule has 0 radical (unpaired) electrons. The highest BCUT2D eigenvalue weighted by Crippen LogP contribution is 2.24. The summed E-state index contributed by atoms with van der Waals surface area (Å²) in [5.41, 5.74) is 1.29. The molecule has 3 aromatic rings. The van der Waals surface area contributed by atoms with Crippen molar-refractivity contribution in [3.63, 3.8) is 0 Å². The van der Waals surface area contributed by atoms with E-state index < -0.39 is 22.7 Å². The number of ether oxygens (including phenoxy) is 1. The molecule has 1 fully saturated rings. The van der Waals surface area contributed by atoms with E-state index in [2.05, 4.69) is 5.32 Å². The molecule has 11 heteroatoms. The van der Waals surface area contributed by atoms with Crippen LogP contribution in [0, 0.1) is 10.1 Å². The third kappa shape index (κ3) is 5.26. The number of nitrogens with one attached hydrogen (secondary N) is 1. The van der Waals surface area contributed by atoms with Crippen LogP contribution in [-0.2, 0) is 16.2 Å². The van der Waals surface area contributed by atoms with E-state index in [1.165, 1.54) is 42.5 Å². The van der Waals surface area contributed by atoms with Gasteiger partial charge in [-0.25, -0.2) is 4.79 Å². The number of anilines is 1. The van der Waals surface area contributed by atoms with Gasteiger partial charge in [0.2, 0.25) is 0 Å². The van der Waals surface area contributed by atoms with Gasteiger partial charge in [0.15, 0.2) is 5.11 Å². The Labute approximate surface area is 209 Å². The highest BCUT2D eigenvalue weighted by Gasteiger charge is 2.34. The smallest absolute Gasteiger partial charge is 0.335 e. The second kappa shape index (κ2) is 10.2. The zero-order chi connectivity index (χ0) is 25.8. The standard InChI is InChI=1S/C25H17N3O7S/c29-22-21(23(30)27(25(36)26-22)19-3-1-2-17(13-19)24(31)32)12-15-6-10-20(11-7-15)35-14-16-4-8-18(9-5-16)28(33)34/h1-13H,14H2,(H,31,32)(H,26,29,36). The first kappa shape index (κ1) is 24.2. The molecule has 4 rings (SSSR count). The average molecular weight is 503 g/mol. The largest absolute Gasteiger partial charge is 0.489 e. The van der Waals surface area contributed by atoms with Gasteiger partial charge < -0.3 is 9.84 Å². The van der Waals surface area contributed by atoms with Gasteiger partial charge in [0.25, 0.3) is 17.5 Å². The number of nitro benzene ring substituents is 1. The van der Waals surface area contributed by atoms with Crippen molar-refractivity contribution in [1.29, 1.82) is 0 Å². The van der Waals surface area contributed by atoms with Gasteiger partial charge in [-0.2, -0.15) is 0 Å². The van der Waals surface area contributed by atoms with Crippen molar-refractivity contribution in [2.24, 2.45) is 0 Å². The lowest BCUT2D eigenvalue weighted by Gasteiger charge is -2.29. The van der Waals surface area contributed by atoms with Crippen LogP contribution in [0.15, 0.2) is 78.4 Å². The first-order valence-corrected chi connectivity index (χ1v) is 10.8. The maximum absolute atomic E-state index is 13.1. The Bertz CT molecular complexity index is 1420. The highest BCUT2D eigenvalue weighted by atomic mass is 32.1. The Morgan fingerprint density at radius 2 is 1.78 bits per heavy atom. The Morgan fingerprint density at radius 1 is 1.08 bits per heavy atom. The summed E-state index contributed by atoms with van der Waals surface area (Å²) in [6.07, 6.45) is 1.40. The van der Waals surface area contributed by atoms with Crippen LogP contribution in [0.25, 0.3) is 6.08 Å². The number of benzene rings is 3. The molecule has 1 heterocycles. The molecule has 2 amide bonds. The second-order valence-corrected chi connectivity index (χ2v) is 7.98. The minimum Gasteiger partial charge on any atom is -0.489 e. The molecule has 0 aliphatic carbocycles. The summed E-state index contributed by atoms with van der Waals surface area (Å²) in [4.78, 5) is 48.2. The van der Waals surface area contributed by atoms with Gasteiger partial charge in [-0.05, 0) is 71.9 Å². The fourth-order valence-electron chi connectivity index (χ4n) is 3.38. The quantitative estimate of drug-likeness (QED) is 0.164. The first-order chi connectivity index (χ1) is 17.2. The van der Waals surface area contributed by atoms with Crippen LogP contribution in [-0.4, -0.2) is 32.9 Å². The SMILES string of the molecule is O=C1NC(=S)N(c2cccc(C(=O)O)c2)C(=O)C1=Cc1ccc(OCc2ccc([N+](=O)[O-])cc2)cc1. The van der Waals surface area contributed by atoms with Gasteiger partial charge in [-0.3, -0.25) is 29.9 Å². The van der Waals surface area contributed by atoms with Crippen LogP contribution in [0.4, 0.5) is 11.4 Å². The number of rotatable bonds is 7. The summed E-state index contributed by atoms with van der Waals surface area (Å²) in [5.74, 6) is -2.01. The van der Waals surface area contributed by atoms with E-state index in [1.807, 2.05) is 0 Å². The van der Waals surface area contributed by atoms with E-state index in [0.29, 0.717) is 11.3 Å². The summed E-state index contributed by atoms with van der Waals surface area (Å²) in [6.45, 7) is 0.196. The number of carbonyl (C=O) groups excluding carboxylic acids is 2. The van der Waals surface area contributed by atoms with Crippen molar-refractivity contribution >= 4 is 52.6 Å². The molecule has 0 unspecified atom stereocenters. The molecule has 0 atom stereocenters. The molecule has 0 bridgehead atoms. The van der Waals surface area contributed by atoms with E-state index in [9.17, 15) is 29.6 Å². The van der Waals surface area contributed by atoms with E-state index >= 15 is 0 Å². The fraction of sp³-hybridized carbons (Fsp3) is 0.0400. The lowest BCUT2D eigenvalue weighted by molar-refractivity contribution is -0.384. The number of amides is 2. The number of hydrogen-bond acceptors (Lipinski definition) is 7. The Kier molecular flexibility index (Phi) is 6.84. The number of aromatic carboxylic acids is 1. The summed E-state index contributed by atoms with van der Waals surface area (Å²) >= 11 is 5.14. The number of carboxylic acid groups (broad SMARTS) is 1. The lowest BCUT2D eigenvalue weighted by atomic mass is 10.1. The molecule has 2 N–H and O–H groups in total. The summed E-state index contributed by atoms with van der Waals surface area (Å²) in [6, 6.07) is 18.3. The van der Waals surface area contributed by atoms with E-state index in [4.69, 9.17) is 17.0 Å². The Morgan fingerprint density at radius 3 is 2.42 bits per heavy atom. The van der Waals surface area contributed by atoms with Gasteiger partial charge in [0.05, 0.1) is 16.2 Å². The van der Waals surface area contributed by atoms with Crippen LogP contribution in [0.3, 0.4) is 0 Å². The zero-order valence-corrected chi connectivity index (χ0v) is 19.2. The molecular weight excluding hydrogens is 486 g/mol. The van der Waals surface area contributed by atoms with Crippen LogP contribution < -0.4 is 15.0 Å². The Balaban J connectivity index is 1.50. The summed E-state index contributed by atoms with van der Waals surface area (Å²) in [7, 11) is 0. The van der Waals surface area contributed by atoms with E-state index in [-0.39, 0.29) is 34.2 Å². The van der Waals surface area contributed by atoms with E-state index in [1.54, 1.807) is 36.4 Å². The molecule has 1 aliphatic heterocycles. The number of thiocarbonyl (C=S) groups is 1. The number of non-ortho nitro benzene ring substituents is 1. The summed E-state index contributed by atoms with van der Waals surface area (Å²) < 4.78 is 5.69. The van der Waals surface area contributed by atoms with Crippen molar-refractivity contribution in [2.75, 3.05) is 4.90 Å². The third-order valence-electron chi connectivity index (χ3n) is 5.20. The van der Waals surface area contributed by atoms with Crippen molar-refractivity contribution in [2.45, 2.75) is 6.61 Å². The van der Waals surface area contributed by atoms with Crippen molar-refractivity contribution < 1.29 is 29.2 Å². The topological polar surface area (TPSA) is 139 Å². The fourth-order valence-corrected chi connectivity index (χ4v) is 3.66. The maximum Gasteiger partial charge on any atom is 0.335 e. The number of hydrogen-bond donors (Lipinski definition) is 2. The molecule has 36 heavy (non-hydrogen) atoms. The second-order valence-electron chi connectivity index (χ2n) is 7.59. The molecule has 0 saturated carbocycles. The molecule has 0 aromatic heterocycles. The van der Waals surface area contributed by atoms with Crippen molar-refractivity contribution in [1.82, 2.24) is 5.32 Å². The molecule has 1 saturated heterocycles. The van der Waals surface area contributed by atoms with Crippen molar-refractivity contribution in [3.05, 3.63) is 105 Å². The zero-order valence-electron chi connectivity index (χ0n) is 18.4. The number of carbonyl (C=O) groups is 3. The average Bonchev–Trinajstić information content (AvgIpc) is 2.86. The van der Waals surface area contributed by atoms with Gasteiger partial charge in [0.1, 0.15) is 17.9 Å². The van der Waals surface area contributed by atoms with Crippen LogP contribution >= 0.6 is 12.2 Å². The molecule has 3 aromatic carbocycles. The van der Waals surface area contributed by atoms with E-state index in [0.717, 1.165) is 10.5 Å². The molecule has 0 spiro atoms. The van der Waals surface area contributed by atoms with Crippen LogP contribution in [0.5, 0.6) is 5.75 Å². The van der Waals surface area contributed by atoms with Crippen molar-refractivity contribution in [3.8, 4) is 5.75 Å². The Hall–Kier alpha value is -4.90. The molecule has 10 nitrogen and oxygen atoms in total. The highest BCUT2D eigenvalue weighted by molar-refractivity contribution is 7.80. The minimum atomic E-state index is -1.16. The number of nitrogens with zero attached hydrogens (tertiary/aromatic N) is 2. The third-order valence-corrected chi connectivity index (χ3v) is 5.48. The molecule has 1 aliphatic rings. The lowest BCUT2D eigenvalue weighted by Crippen LogP contribution is -2.54. The predicted molar refractivity (Wildman–Crippen MR) is 133 cm³/mol. The number of nitro groups is 1.